The Morgan fingerprint density at radius 2 is 2.04 bits per heavy atom. The molecule has 7 heteroatoms. The van der Waals surface area contributed by atoms with Crippen molar-refractivity contribution < 1.29 is 4.79 Å². The van der Waals surface area contributed by atoms with Gasteiger partial charge < -0.3 is 4.90 Å². The summed E-state index contributed by atoms with van der Waals surface area (Å²) >= 11 is 1.29. The summed E-state index contributed by atoms with van der Waals surface area (Å²) in [6.07, 6.45) is 4.03. The van der Waals surface area contributed by atoms with Gasteiger partial charge in [-0.25, -0.2) is 4.98 Å². The number of nitrogens with one attached hydrogen (secondary N) is 1. The Bertz CT molecular complexity index is 941. The number of amides is 1. The monoisotopic (exact) mass is 363 g/mol. The van der Waals surface area contributed by atoms with E-state index in [9.17, 15) is 4.79 Å². The van der Waals surface area contributed by atoms with Crippen molar-refractivity contribution in [2.24, 2.45) is 0 Å². The molecule has 0 radical (unpaired) electrons. The van der Waals surface area contributed by atoms with E-state index in [-0.39, 0.29) is 5.91 Å². The molecule has 6 nitrogen and oxygen atoms in total. The second kappa shape index (κ2) is 6.17. The van der Waals surface area contributed by atoms with E-state index in [0.717, 1.165) is 18.8 Å². The first-order valence-electron chi connectivity index (χ1n) is 8.68. The SMILES string of the molecule is O=C(Nc1nncs1)c1ccc(N2C[C@H]3CC[C@H]2c2ccccc23)nc1. The molecule has 0 saturated carbocycles. The van der Waals surface area contributed by atoms with Crippen LogP contribution in [0.5, 0.6) is 0 Å². The van der Waals surface area contributed by atoms with Crippen molar-refractivity contribution in [1.29, 1.82) is 0 Å². The molecule has 3 aromatic rings. The minimum Gasteiger partial charge on any atom is -0.349 e. The highest BCUT2D eigenvalue weighted by atomic mass is 32.1. The van der Waals surface area contributed by atoms with Crippen LogP contribution in [0.25, 0.3) is 0 Å². The zero-order valence-electron chi connectivity index (χ0n) is 14.0. The molecule has 2 aliphatic heterocycles. The maximum atomic E-state index is 12.3. The molecule has 130 valence electrons. The summed E-state index contributed by atoms with van der Waals surface area (Å²) < 4.78 is 0. The Morgan fingerprint density at radius 1 is 1.15 bits per heavy atom. The number of rotatable bonds is 3. The van der Waals surface area contributed by atoms with Gasteiger partial charge in [0.15, 0.2) is 0 Å². The van der Waals surface area contributed by atoms with E-state index in [1.165, 1.54) is 28.9 Å². The first kappa shape index (κ1) is 15.5. The third-order valence-corrected chi connectivity index (χ3v) is 5.87. The molecule has 1 aliphatic carbocycles. The second-order valence-corrected chi connectivity index (χ2v) is 7.51. The van der Waals surface area contributed by atoms with Crippen LogP contribution >= 0.6 is 11.3 Å². The largest absolute Gasteiger partial charge is 0.349 e. The van der Waals surface area contributed by atoms with Crippen molar-refractivity contribution in [3.63, 3.8) is 0 Å². The average Bonchev–Trinajstić information content (AvgIpc) is 3.22. The van der Waals surface area contributed by atoms with Gasteiger partial charge in [-0.2, -0.15) is 0 Å². The number of anilines is 2. The number of fused-ring (bicyclic) bond motifs is 2. The van der Waals surface area contributed by atoms with Crippen LogP contribution in [-0.4, -0.2) is 27.6 Å². The molecule has 2 bridgehead atoms. The van der Waals surface area contributed by atoms with Gasteiger partial charge in [0.25, 0.3) is 5.91 Å². The van der Waals surface area contributed by atoms with Crippen LogP contribution in [-0.2, 0) is 0 Å². The van der Waals surface area contributed by atoms with Gasteiger partial charge in [0.2, 0.25) is 5.13 Å². The number of aromatic nitrogens is 3. The molecule has 3 aliphatic rings. The Balaban J connectivity index is 1.38. The Morgan fingerprint density at radius 3 is 2.81 bits per heavy atom. The first-order valence-corrected chi connectivity index (χ1v) is 9.56. The molecule has 1 saturated heterocycles. The number of nitrogens with zero attached hydrogens (tertiary/aromatic N) is 4. The van der Waals surface area contributed by atoms with Crippen molar-refractivity contribution >= 4 is 28.2 Å². The number of hydrogen-bond donors (Lipinski definition) is 1. The van der Waals surface area contributed by atoms with Crippen LogP contribution < -0.4 is 10.2 Å². The lowest BCUT2D eigenvalue weighted by Crippen LogP contribution is -2.42. The fourth-order valence-electron chi connectivity index (χ4n) is 4.07. The van der Waals surface area contributed by atoms with Crippen molar-refractivity contribution in [2.45, 2.75) is 24.8 Å². The van der Waals surface area contributed by atoms with E-state index in [1.807, 2.05) is 12.1 Å². The smallest absolute Gasteiger partial charge is 0.259 e. The number of benzene rings is 1. The lowest BCUT2D eigenvalue weighted by molar-refractivity contribution is 0.102. The molecular formula is C19H17N5OS. The number of piperidine rings is 1. The molecule has 0 spiro atoms. The molecule has 0 unspecified atom stereocenters. The van der Waals surface area contributed by atoms with Crippen molar-refractivity contribution in [3.05, 3.63) is 64.8 Å². The average molecular weight is 363 g/mol. The normalized spacial score (nSPS) is 20.7. The number of carbonyl (C=O) groups is 1. The summed E-state index contributed by atoms with van der Waals surface area (Å²) in [6, 6.07) is 12.9. The zero-order chi connectivity index (χ0) is 17.5. The summed E-state index contributed by atoms with van der Waals surface area (Å²) in [5.74, 6) is 1.28. The maximum absolute atomic E-state index is 12.3. The Labute approximate surface area is 154 Å². The van der Waals surface area contributed by atoms with E-state index < -0.39 is 0 Å². The van der Waals surface area contributed by atoms with Gasteiger partial charge in [-0.05, 0) is 36.1 Å². The Hall–Kier alpha value is -2.80. The van der Waals surface area contributed by atoms with Crippen LogP contribution in [0.15, 0.2) is 48.1 Å². The van der Waals surface area contributed by atoms with Crippen molar-refractivity contribution in [1.82, 2.24) is 15.2 Å². The van der Waals surface area contributed by atoms with E-state index >= 15 is 0 Å². The minimum absolute atomic E-state index is 0.216. The van der Waals surface area contributed by atoms with Gasteiger partial charge in [-0.15, -0.1) is 10.2 Å². The second-order valence-electron chi connectivity index (χ2n) is 6.67. The summed E-state index contributed by atoms with van der Waals surface area (Å²) in [4.78, 5) is 19.2. The molecular weight excluding hydrogens is 346 g/mol. The standard InChI is InChI=1S/C19H17N5OS/c25-18(22-19-23-21-11-26-19)12-6-8-17(20-9-12)24-10-13-5-7-16(24)15-4-2-1-3-14(13)15/h1-4,6,8-9,11,13,16H,5,7,10H2,(H,22,23,25)/t13-,16+/m1/s1. The van der Waals surface area contributed by atoms with Gasteiger partial charge in [-0.1, -0.05) is 35.6 Å². The van der Waals surface area contributed by atoms with Gasteiger partial charge in [-0.3, -0.25) is 10.1 Å². The first-order chi connectivity index (χ1) is 12.8. The van der Waals surface area contributed by atoms with Crippen LogP contribution in [0.2, 0.25) is 0 Å². The van der Waals surface area contributed by atoms with Crippen LogP contribution in [0.1, 0.15) is 46.3 Å². The minimum atomic E-state index is -0.216. The zero-order valence-corrected chi connectivity index (χ0v) is 14.8. The number of carbonyl (C=O) groups excluding carboxylic acids is 1. The summed E-state index contributed by atoms with van der Waals surface area (Å²) in [5, 5.41) is 10.8. The highest BCUT2D eigenvalue weighted by molar-refractivity contribution is 7.13. The predicted molar refractivity (Wildman–Crippen MR) is 101 cm³/mol. The van der Waals surface area contributed by atoms with Crippen molar-refractivity contribution in [2.75, 3.05) is 16.8 Å². The Kier molecular flexibility index (Phi) is 3.67. The third kappa shape index (κ3) is 2.55. The summed E-state index contributed by atoms with van der Waals surface area (Å²) in [5.41, 5.74) is 5.02. The van der Waals surface area contributed by atoms with Crippen LogP contribution in [0.4, 0.5) is 10.9 Å². The van der Waals surface area contributed by atoms with Crippen LogP contribution in [0.3, 0.4) is 0 Å². The fraction of sp³-hybridized carbons (Fsp3) is 0.263. The lowest BCUT2D eigenvalue weighted by atomic mass is 9.75. The summed E-state index contributed by atoms with van der Waals surface area (Å²) in [6.45, 7) is 0.991. The van der Waals surface area contributed by atoms with Gasteiger partial charge in [0, 0.05) is 18.7 Å². The molecule has 1 aromatic carbocycles. The summed E-state index contributed by atoms with van der Waals surface area (Å²) in [7, 11) is 0. The van der Waals surface area contributed by atoms with Gasteiger partial charge in [0.1, 0.15) is 11.3 Å². The quantitative estimate of drug-likeness (QED) is 0.769. The van der Waals surface area contributed by atoms with Crippen molar-refractivity contribution in [3.8, 4) is 0 Å². The predicted octanol–water partition coefficient (Wildman–Crippen LogP) is 3.62. The molecule has 2 atom stereocenters. The maximum Gasteiger partial charge on any atom is 0.259 e. The number of hydrogen-bond acceptors (Lipinski definition) is 6. The van der Waals surface area contributed by atoms with Crippen LogP contribution in [0, 0.1) is 0 Å². The van der Waals surface area contributed by atoms with E-state index in [2.05, 4.69) is 49.7 Å². The highest BCUT2D eigenvalue weighted by Gasteiger charge is 2.38. The topological polar surface area (TPSA) is 71.0 Å². The van der Waals surface area contributed by atoms with Gasteiger partial charge >= 0.3 is 0 Å². The van der Waals surface area contributed by atoms with E-state index in [0.29, 0.717) is 22.7 Å². The molecule has 6 rings (SSSR count). The fourth-order valence-corrected chi connectivity index (χ4v) is 4.51. The van der Waals surface area contributed by atoms with E-state index in [1.54, 1.807) is 11.7 Å². The molecule has 4 heterocycles. The third-order valence-electron chi connectivity index (χ3n) is 5.26. The highest BCUT2D eigenvalue weighted by Crippen LogP contribution is 2.47. The molecule has 1 fully saturated rings. The molecule has 2 aromatic heterocycles. The van der Waals surface area contributed by atoms with E-state index in [4.69, 9.17) is 0 Å². The van der Waals surface area contributed by atoms with Gasteiger partial charge in [0.05, 0.1) is 11.6 Å². The molecule has 26 heavy (non-hydrogen) atoms. The lowest BCUT2D eigenvalue weighted by Gasteiger charge is -2.47. The molecule has 1 amide bonds. The number of pyridine rings is 1. The molecule has 1 N–H and O–H groups in total.